The van der Waals surface area contributed by atoms with Gasteiger partial charge in [-0.25, -0.2) is 15.0 Å². The fourth-order valence-corrected chi connectivity index (χ4v) is 2.47. The van der Waals surface area contributed by atoms with Crippen molar-refractivity contribution in [2.45, 2.75) is 33.2 Å². The molecule has 2 N–H and O–H groups in total. The molecular formula is C18H19F2N7O. The number of amides is 1. The number of alkyl halides is 2. The second-order valence-electron chi connectivity index (χ2n) is 6.13. The van der Waals surface area contributed by atoms with Gasteiger partial charge in [0.2, 0.25) is 11.7 Å². The van der Waals surface area contributed by atoms with E-state index in [0.717, 1.165) is 6.92 Å². The average Bonchev–Trinajstić information content (AvgIpc) is 3.10. The molecule has 3 heterocycles. The third-order valence-corrected chi connectivity index (χ3v) is 3.76. The van der Waals surface area contributed by atoms with Crippen LogP contribution in [0.4, 0.5) is 26.1 Å². The van der Waals surface area contributed by atoms with E-state index >= 15 is 0 Å². The lowest BCUT2D eigenvalue weighted by Crippen LogP contribution is -2.13. The molecule has 0 aliphatic carbocycles. The Morgan fingerprint density at radius 2 is 2.04 bits per heavy atom. The number of nitrogens with zero attached hydrogens (tertiary/aromatic N) is 5. The zero-order valence-electron chi connectivity index (χ0n) is 15.6. The van der Waals surface area contributed by atoms with Crippen molar-refractivity contribution in [3.63, 3.8) is 0 Å². The molecule has 0 spiro atoms. The van der Waals surface area contributed by atoms with E-state index in [1.807, 2.05) is 19.2 Å². The Morgan fingerprint density at radius 1 is 1.25 bits per heavy atom. The van der Waals surface area contributed by atoms with E-state index in [1.54, 1.807) is 16.9 Å². The molecule has 1 amide bonds. The molecule has 0 aromatic carbocycles. The van der Waals surface area contributed by atoms with Gasteiger partial charge in [-0.2, -0.15) is 13.9 Å². The van der Waals surface area contributed by atoms with Gasteiger partial charge >= 0.3 is 5.92 Å². The number of hydrogen-bond acceptors (Lipinski definition) is 6. The van der Waals surface area contributed by atoms with Gasteiger partial charge < -0.3 is 10.6 Å². The Morgan fingerprint density at radius 3 is 2.68 bits per heavy atom. The molecule has 0 atom stereocenters. The van der Waals surface area contributed by atoms with Gasteiger partial charge in [0, 0.05) is 50.6 Å². The van der Waals surface area contributed by atoms with Gasteiger partial charge in [0.05, 0.1) is 11.4 Å². The number of aryl methyl sites for hydroxylation is 1. The highest BCUT2D eigenvalue weighted by molar-refractivity contribution is 5.89. The standard InChI is InChI=1S/C18H19F2N7O/c1-4-27-8-6-13(26-27)12-10-22-16(23-11(2)28)9-14(12)24-15-5-7-21-17(25-15)18(3,19)20/h5-10H,4H2,1-3H3,(H2,21,22,23,24,25,28). The van der Waals surface area contributed by atoms with Crippen molar-refractivity contribution in [1.29, 1.82) is 0 Å². The van der Waals surface area contributed by atoms with E-state index in [4.69, 9.17) is 0 Å². The fourth-order valence-electron chi connectivity index (χ4n) is 2.47. The second kappa shape index (κ2) is 7.67. The van der Waals surface area contributed by atoms with Gasteiger partial charge in [-0.3, -0.25) is 9.48 Å². The molecule has 0 bridgehead atoms. The number of hydrogen-bond donors (Lipinski definition) is 2. The first kappa shape index (κ1) is 19.3. The molecule has 0 saturated carbocycles. The highest BCUT2D eigenvalue weighted by Crippen LogP contribution is 2.31. The van der Waals surface area contributed by atoms with Crippen LogP contribution < -0.4 is 10.6 Å². The molecule has 3 aromatic rings. The SMILES string of the molecule is CCn1ccc(-c2cnc(NC(C)=O)cc2Nc2ccnc(C(C)(F)F)n2)n1. The van der Waals surface area contributed by atoms with Crippen molar-refractivity contribution in [3.05, 3.63) is 42.6 Å². The molecule has 0 unspecified atom stereocenters. The Labute approximate surface area is 160 Å². The molecular weight excluding hydrogens is 368 g/mol. The molecule has 3 rings (SSSR count). The van der Waals surface area contributed by atoms with E-state index < -0.39 is 11.7 Å². The van der Waals surface area contributed by atoms with E-state index in [0.29, 0.717) is 29.3 Å². The first-order valence-electron chi connectivity index (χ1n) is 8.56. The number of carbonyl (C=O) groups excluding carboxylic acids is 1. The number of aromatic nitrogens is 5. The van der Waals surface area contributed by atoms with Crippen LogP contribution in [0.3, 0.4) is 0 Å². The Balaban J connectivity index is 2.02. The highest BCUT2D eigenvalue weighted by Gasteiger charge is 2.28. The lowest BCUT2D eigenvalue weighted by atomic mass is 10.1. The minimum absolute atomic E-state index is 0.183. The predicted octanol–water partition coefficient (Wildman–Crippen LogP) is 3.57. The van der Waals surface area contributed by atoms with Crippen LogP contribution in [-0.2, 0) is 17.3 Å². The number of anilines is 3. The van der Waals surface area contributed by atoms with Crippen molar-refractivity contribution < 1.29 is 13.6 Å². The molecule has 0 aliphatic heterocycles. The third kappa shape index (κ3) is 4.45. The molecule has 28 heavy (non-hydrogen) atoms. The van der Waals surface area contributed by atoms with Crippen LogP contribution in [-0.4, -0.2) is 30.6 Å². The van der Waals surface area contributed by atoms with Gasteiger partial charge in [0.15, 0.2) is 0 Å². The van der Waals surface area contributed by atoms with E-state index in [-0.39, 0.29) is 11.7 Å². The van der Waals surface area contributed by atoms with Crippen molar-refractivity contribution in [2.24, 2.45) is 0 Å². The number of halogens is 2. The summed E-state index contributed by atoms with van der Waals surface area (Å²) in [5.41, 5.74) is 1.77. The van der Waals surface area contributed by atoms with E-state index in [2.05, 4.69) is 30.7 Å². The summed E-state index contributed by atoms with van der Waals surface area (Å²) in [6, 6.07) is 4.88. The lowest BCUT2D eigenvalue weighted by Gasteiger charge is -2.14. The van der Waals surface area contributed by atoms with Gasteiger partial charge in [-0.1, -0.05) is 0 Å². The maximum Gasteiger partial charge on any atom is 0.303 e. The topological polar surface area (TPSA) is 97.6 Å². The Bertz CT molecular complexity index is 998. The number of rotatable bonds is 6. The van der Waals surface area contributed by atoms with E-state index in [1.165, 1.54) is 19.2 Å². The smallest absolute Gasteiger partial charge is 0.303 e. The van der Waals surface area contributed by atoms with Crippen molar-refractivity contribution in [3.8, 4) is 11.3 Å². The summed E-state index contributed by atoms with van der Waals surface area (Å²) in [7, 11) is 0. The minimum Gasteiger partial charge on any atom is -0.339 e. The fraction of sp³-hybridized carbons (Fsp3) is 0.278. The predicted molar refractivity (Wildman–Crippen MR) is 100 cm³/mol. The zero-order chi connectivity index (χ0) is 20.3. The summed E-state index contributed by atoms with van der Waals surface area (Å²) in [5.74, 6) is -3.55. The van der Waals surface area contributed by atoms with Crippen LogP contribution in [0.15, 0.2) is 36.8 Å². The van der Waals surface area contributed by atoms with Gasteiger partial charge in [-0.15, -0.1) is 0 Å². The zero-order valence-corrected chi connectivity index (χ0v) is 15.6. The summed E-state index contributed by atoms with van der Waals surface area (Å²) in [4.78, 5) is 23.1. The van der Waals surface area contributed by atoms with Crippen LogP contribution in [0.2, 0.25) is 0 Å². The first-order chi connectivity index (χ1) is 13.3. The summed E-state index contributed by atoms with van der Waals surface area (Å²) in [6.45, 7) is 4.75. The number of nitrogens with one attached hydrogen (secondary N) is 2. The van der Waals surface area contributed by atoms with Crippen LogP contribution in [0.5, 0.6) is 0 Å². The van der Waals surface area contributed by atoms with Crippen molar-refractivity contribution >= 4 is 23.2 Å². The largest absolute Gasteiger partial charge is 0.339 e. The minimum atomic E-state index is -3.17. The first-order valence-corrected chi connectivity index (χ1v) is 8.56. The maximum atomic E-state index is 13.5. The Kier molecular flexibility index (Phi) is 5.30. The normalized spacial score (nSPS) is 11.3. The summed E-state index contributed by atoms with van der Waals surface area (Å²) < 4.78 is 28.8. The van der Waals surface area contributed by atoms with Crippen molar-refractivity contribution in [1.82, 2.24) is 24.7 Å². The third-order valence-electron chi connectivity index (χ3n) is 3.76. The van der Waals surface area contributed by atoms with Gasteiger partial charge in [0.1, 0.15) is 11.6 Å². The molecule has 0 saturated heterocycles. The maximum absolute atomic E-state index is 13.5. The molecule has 8 nitrogen and oxygen atoms in total. The van der Waals surface area contributed by atoms with Crippen LogP contribution >= 0.6 is 0 Å². The van der Waals surface area contributed by atoms with Crippen LogP contribution in [0.1, 0.15) is 26.6 Å². The highest BCUT2D eigenvalue weighted by atomic mass is 19.3. The number of pyridine rings is 1. The molecule has 10 heteroatoms. The average molecular weight is 387 g/mol. The molecule has 0 radical (unpaired) electrons. The quantitative estimate of drug-likeness (QED) is 0.671. The second-order valence-corrected chi connectivity index (χ2v) is 6.13. The van der Waals surface area contributed by atoms with E-state index in [9.17, 15) is 13.6 Å². The summed E-state index contributed by atoms with van der Waals surface area (Å²) >= 11 is 0. The van der Waals surface area contributed by atoms with Crippen molar-refractivity contribution in [2.75, 3.05) is 10.6 Å². The lowest BCUT2D eigenvalue weighted by molar-refractivity contribution is -0.114. The monoisotopic (exact) mass is 387 g/mol. The Hall–Kier alpha value is -3.43. The van der Waals surface area contributed by atoms with Crippen LogP contribution in [0, 0.1) is 0 Å². The van der Waals surface area contributed by atoms with Gasteiger partial charge in [-0.05, 0) is 19.1 Å². The molecule has 146 valence electrons. The molecule has 0 fully saturated rings. The molecule has 0 aliphatic rings. The summed E-state index contributed by atoms with van der Waals surface area (Å²) in [5, 5.41) is 10.0. The number of carbonyl (C=O) groups is 1. The van der Waals surface area contributed by atoms with Gasteiger partial charge in [0.25, 0.3) is 0 Å². The molecule has 3 aromatic heterocycles. The van der Waals surface area contributed by atoms with Crippen LogP contribution in [0.25, 0.3) is 11.3 Å². The summed E-state index contributed by atoms with van der Waals surface area (Å²) in [6.07, 6.45) is 4.62.